The van der Waals surface area contributed by atoms with Crippen LogP contribution in [-0.2, 0) is 0 Å². The second kappa shape index (κ2) is 4.55. The molecule has 0 bridgehead atoms. The molecule has 1 atom stereocenters. The minimum atomic E-state index is -0.331. The van der Waals surface area contributed by atoms with Crippen molar-refractivity contribution in [2.24, 2.45) is 5.73 Å². The third-order valence-electron chi connectivity index (χ3n) is 2.36. The van der Waals surface area contributed by atoms with E-state index < -0.39 is 0 Å². The summed E-state index contributed by atoms with van der Waals surface area (Å²) < 4.78 is 18.7. The SMILES string of the molecule is Cc1cc(Oc2ccc(F)cc2[C@H](C)N)n[nH]1. The van der Waals surface area contributed by atoms with Crippen molar-refractivity contribution in [3.05, 3.63) is 41.3 Å². The van der Waals surface area contributed by atoms with Crippen molar-refractivity contribution >= 4 is 0 Å². The minimum Gasteiger partial charge on any atom is -0.437 e. The first-order valence-corrected chi connectivity index (χ1v) is 5.31. The molecule has 5 heteroatoms. The standard InChI is InChI=1S/C12H14FN3O/c1-7-5-12(16-15-7)17-11-4-3-9(13)6-10(11)8(2)14/h3-6,8H,14H2,1-2H3,(H,15,16)/t8-/m0/s1. The van der Waals surface area contributed by atoms with Gasteiger partial charge in [0, 0.05) is 23.4 Å². The molecular weight excluding hydrogens is 221 g/mol. The molecule has 0 fully saturated rings. The van der Waals surface area contributed by atoms with Crippen LogP contribution in [0.3, 0.4) is 0 Å². The zero-order chi connectivity index (χ0) is 12.4. The molecule has 0 spiro atoms. The van der Waals surface area contributed by atoms with Crippen molar-refractivity contribution < 1.29 is 9.13 Å². The molecule has 1 heterocycles. The zero-order valence-electron chi connectivity index (χ0n) is 9.70. The molecule has 1 aromatic heterocycles. The third-order valence-corrected chi connectivity index (χ3v) is 2.36. The molecule has 0 saturated carbocycles. The fourth-order valence-electron chi connectivity index (χ4n) is 1.53. The molecule has 2 aromatic rings. The summed E-state index contributed by atoms with van der Waals surface area (Å²) >= 11 is 0. The van der Waals surface area contributed by atoms with E-state index in [4.69, 9.17) is 10.5 Å². The fraction of sp³-hybridized carbons (Fsp3) is 0.250. The monoisotopic (exact) mass is 235 g/mol. The quantitative estimate of drug-likeness (QED) is 0.859. The summed E-state index contributed by atoms with van der Waals surface area (Å²) in [4.78, 5) is 0. The maximum absolute atomic E-state index is 13.1. The molecule has 0 unspecified atom stereocenters. The number of aromatic amines is 1. The molecule has 0 amide bonds. The van der Waals surface area contributed by atoms with Gasteiger partial charge in [0.05, 0.1) is 0 Å². The van der Waals surface area contributed by atoms with Crippen LogP contribution in [0.2, 0.25) is 0 Å². The number of nitrogens with zero attached hydrogens (tertiary/aromatic N) is 1. The van der Waals surface area contributed by atoms with Crippen molar-refractivity contribution in [2.75, 3.05) is 0 Å². The molecule has 0 aliphatic rings. The van der Waals surface area contributed by atoms with Crippen molar-refractivity contribution in [1.82, 2.24) is 10.2 Å². The Hall–Kier alpha value is -1.88. The van der Waals surface area contributed by atoms with Crippen LogP contribution in [0.15, 0.2) is 24.3 Å². The first-order valence-electron chi connectivity index (χ1n) is 5.31. The molecule has 90 valence electrons. The van der Waals surface area contributed by atoms with Crippen LogP contribution in [0.4, 0.5) is 4.39 Å². The summed E-state index contributed by atoms with van der Waals surface area (Å²) in [5, 5.41) is 6.72. The van der Waals surface area contributed by atoms with E-state index in [1.807, 2.05) is 6.92 Å². The Bertz CT molecular complexity index is 522. The number of nitrogens with two attached hydrogens (primary N) is 1. The largest absolute Gasteiger partial charge is 0.437 e. The number of ether oxygens (including phenoxy) is 1. The van der Waals surface area contributed by atoms with Gasteiger partial charge in [0.15, 0.2) is 0 Å². The predicted octanol–water partition coefficient (Wildman–Crippen LogP) is 2.67. The minimum absolute atomic E-state index is 0.305. The third kappa shape index (κ3) is 2.62. The second-order valence-electron chi connectivity index (χ2n) is 3.96. The molecule has 0 radical (unpaired) electrons. The summed E-state index contributed by atoms with van der Waals surface area (Å²) in [6.07, 6.45) is 0. The summed E-state index contributed by atoms with van der Waals surface area (Å²) in [6.45, 7) is 3.65. The van der Waals surface area contributed by atoms with Gasteiger partial charge in [-0.15, -0.1) is 5.10 Å². The number of aryl methyl sites for hydroxylation is 1. The highest BCUT2D eigenvalue weighted by molar-refractivity contribution is 5.38. The normalized spacial score (nSPS) is 12.5. The molecule has 4 nitrogen and oxygen atoms in total. The number of nitrogens with one attached hydrogen (secondary N) is 1. The van der Waals surface area contributed by atoms with E-state index in [1.54, 1.807) is 19.1 Å². The zero-order valence-corrected chi connectivity index (χ0v) is 9.70. The van der Waals surface area contributed by atoms with Crippen LogP contribution in [0.5, 0.6) is 11.6 Å². The molecule has 0 aliphatic carbocycles. The van der Waals surface area contributed by atoms with Crippen LogP contribution in [0.25, 0.3) is 0 Å². The van der Waals surface area contributed by atoms with Crippen LogP contribution >= 0.6 is 0 Å². The van der Waals surface area contributed by atoms with E-state index in [1.165, 1.54) is 12.1 Å². The maximum Gasteiger partial charge on any atom is 0.238 e. The second-order valence-corrected chi connectivity index (χ2v) is 3.96. The van der Waals surface area contributed by atoms with Gasteiger partial charge < -0.3 is 10.5 Å². The number of aromatic nitrogens is 2. The van der Waals surface area contributed by atoms with Gasteiger partial charge in [-0.1, -0.05) is 0 Å². The highest BCUT2D eigenvalue weighted by Gasteiger charge is 2.11. The van der Waals surface area contributed by atoms with Crippen LogP contribution in [0, 0.1) is 12.7 Å². The number of halogens is 1. The Morgan fingerprint density at radius 3 is 2.76 bits per heavy atom. The summed E-state index contributed by atoms with van der Waals surface area (Å²) in [5.41, 5.74) is 7.28. The lowest BCUT2D eigenvalue weighted by molar-refractivity contribution is 0.450. The number of benzene rings is 1. The van der Waals surface area contributed by atoms with Gasteiger partial charge in [0.1, 0.15) is 11.6 Å². The van der Waals surface area contributed by atoms with Gasteiger partial charge in [-0.05, 0) is 32.0 Å². The van der Waals surface area contributed by atoms with Crippen LogP contribution in [0.1, 0.15) is 24.2 Å². The molecule has 1 aromatic carbocycles. The van der Waals surface area contributed by atoms with Crippen molar-refractivity contribution in [2.45, 2.75) is 19.9 Å². The number of hydrogen-bond donors (Lipinski definition) is 2. The number of hydrogen-bond acceptors (Lipinski definition) is 3. The maximum atomic E-state index is 13.1. The van der Waals surface area contributed by atoms with Crippen LogP contribution in [-0.4, -0.2) is 10.2 Å². The van der Waals surface area contributed by atoms with E-state index in [-0.39, 0.29) is 11.9 Å². The van der Waals surface area contributed by atoms with E-state index in [2.05, 4.69) is 10.2 Å². The van der Waals surface area contributed by atoms with Gasteiger partial charge in [0.2, 0.25) is 5.88 Å². The van der Waals surface area contributed by atoms with E-state index >= 15 is 0 Å². The molecule has 17 heavy (non-hydrogen) atoms. The van der Waals surface area contributed by atoms with Crippen LogP contribution < -0.4 is 10.5 Å². The first-order chi connectivity index (χ1) is 8.06. The van der Waals surface area contributed by atoms with Gasteiger partial charge >= 0.3 is 0 Å². The van der Waals surface area contributed by atoms with Gasteiger partial charge in [-0.3, -0.25) is 5.10 Å². The molecular formula is C12H14FN3O. The Balaban J connectivity index is 2.32. The molecule has 0 aliphatic heterocycles. The van der Waals surface area contributed by atoms with Gasteiger partial charge in [0.25, 0.3) is 0 Å². The summed E-state index contributed by atoms with van der Waals surface area (Å²) in [6, 6.07) is 5.72. The number of H-pyrrole nitrogens is 1. The lowest BCUT2D eigenvalue weighted by atomic mass is 10.1. The molecule has 0 saturated heterocycles. The lowest BCUT2D eigenvalue weighted by Gasteiger charge is -2.12. The Morgan fingerprint density at radius 1 is 1.41 bits per heavy atom. The number of rotatable bonds is 3. The predicted molar refractivity (Wildman–Crippen MR) is 62.4 cm³/mol. The smallest absolute Gasteiger partial charge is 0.238 e. The van der Waals surface area contributed by atoms with Crippen molar-refractivity contribution in [3.63, 3.8) is 0 Å². The topological polar surface area (TPSA) is 63.9 Å². The summed E-state index contributed by atoms with van der Waals surface area (Å²) in [7, 11) is 0. The first kappa shape index (κ1) is 11.6. The fourth-order valence-corrected chi connectivity index (χ4v) is 1.53. The van der Waals surface area contributed by atoms with Gasteiger partial charge in [-0.2, -0.15) is 0 Å². The highest BCUT2D eigenvalue weighted by Crippen LogP contribution is 2.28. The molecule has 3 N–H and O–H groups in total. The van der Waals surface area contributed by atoms with Crippen molar-refractivity contribution in [3.8, 4) is 11.6 Å². The van der Waals surface area contributed by atoms with E-state index in [0.717, 1.165) is 5.69 Å². The summed E-state index contributed by atoms with van der Waals surface area (Å²) in [5.74, 6) is 0.631. The average Bonchev–Trinajstić information content (AvgIpc) is 2.66. The van der Waals surface area contributed by atoms with E-state index in [0.29, 0.717) is 17.2 Å². The van der Waals surface area contributed by atoms with Gasteiger partial charge in [-0.25, -0.2) is 4.39 Å². The Kier molecular flexibility index (Phi) is 3.10. The highest BCUT2D eigenvalue weighted by atomic mass is 19.1. The Labute approximate surface area is 98.6 Å². The van der Waals surface area contributed by atoms with Crippen molar-refractivity contribution in [1.29, 1.82) is 0 Å². The lowest BCUT2D eigenvalue weighted by Crippen LogP contribution is -2.07. The molecule has 2 rings (SSSR count). The average molecular weight is 235 g/mol. The Morgan fingerprint density at radius 2 is 2.18 bits per heavy atom. The van der Waals surface area contributed by atoms with E-state index in [9.17, 15) is 4.39 Å².